The number of benzene rings is 2. The van der Waals surface area contributed by atoms with Crippen molar-refractivity contribution in [1.29, 1.82) is 0 Å². The van der Waals surface area contributed by atoms with Crippen molar-refractivity contribution in [2.75, 3.05) is 26.2 Å². The van der Waals surface area contributed by atoms with Gasteiger partial charge in [-0.2, -0.15) is 13.2 Å². The molecule has 0 radical (unpaired) electrons. The summed E-state index contributed by atoms with van der Waals surface area (Å²) in [5.41, 5.74) is 1.28. The van der Waals surface area contributed by atoms with Gasteiger partial charge in [-0.3, -0.25) is 9.59 Å². The third-order valence-electron chi connectivity index (χ3n) is 4.87. The Labute approximate surface area is 180 Å². The quantitative estimate of drug-likeness (QED) is 0.548. The first kappa shape index (κ1) is 22.9. The number of ether oxygens (including phenoxy) is 1. The molecule has 0 bridgehead atoms. The maximum Gasteiger partial charge on any atom is 0.471 e. The number of carbonyl (C=O) groups is 2. The molecule has 0 fully saturated rings. The number of hydrogen-bond donors (Lipinski definition) is 1. The van der Waals surface area contributed by atoms with Crippen molar-refractivity contribution in [3.8, 4) is 5.75 Å². The largest absolute Gasteiger partial charge is 0.490 e. The van der Waals surface area contributed by atoms with Crippen LogP contribution in [0, 0.1) is 5.82 Å². The SMILES string of the molecule is O=C(NCCOc1c(Cl)ccc2c1CCN(C(=O)C(F)(F)F)CC2)c1ccccc1F. The van der Waals surface area contributed by atoms with E-state index in [0.717, 1.165) is 10.5 Å². The Morgan fingerprint density at radius 2 is 1.81 bits per heavy atom. The zero-order chi connectivity index (χ0) is 22.6. The Bertz CT molecular complexity index is 982. The van der Waals surface area contributed by atoms with E-state index in [4.69, 9.17) is 16.3 Å². The van der Waals surface area contributed by atoms with Gasteiger partial charge in [0, 0.05) is 18.7 Å². The van der Waals surface area contributed by atoms with Gasteiger partial charge in [0.2, 0.25) is 0 Å². The molecule has 1 N–H and O–H groups in total. The summed E-state index contributed by atoms with van der Waals surface area (Å²) in [6.45, 7) is -0.107. The Hall–Kier alpha value is -2.81. The number of alkyl halides is 3. The molecule has 0 aliphatic carbocycles. The predicted octanol–water partition coefficient (Wildman–Crippen LogP) is 3.78. The van der Waals surface area contributed by atoms with E-state index in [1.165, 1.54) is 18.2 Å². The molecule has 5 nitrogen and oxygen atoms in total. The summed E-state index contributed by atoms with van der Waals surface area (Å²) in [6, 6.07) is 8.83. The number of hydrogen-bond acceptors (Lipinski definition) is 3. The second-order valence-corrected chi connectivity index (χ2v) is 7.30. The van der Waals surface area contributed by atoms with Crippen LogP contribution >= 0.6 is 11.6 Å². The van der Waals surface area contributed by atoms with E-state index in [9.17, 15) is 27.2 Å². The molecule has 2 aromatic carbocycles. The molecule has 0 saturated heterocycles. The van der Waals surface area contributed by atoms with E-state index >= 15 is 0 Å². The average molecular weight is 459 g/mol. The van der Waals surface area contributed by atoms with E-state index in [1.807, 2.05) is 0 Å². The minimum Gasteiger partial charge on any atom is -0.490 e. The molecule has 1 aliphatic rings. The number of amides is 2. The first-order valence-electron chi connectivity index (χ1n) is 9.50. The summed E-state index contributed by atoms with van der Waals surface area (Å²) in [7, 11) is 0. The standard InChI is InChI=1S/C21H19ClF4N2O3/c22-16-6-5-13-7-10-28(20(30)21(24,25)26)11-8-14(13)18(16)31-12-9-27-19(29)15-3-1-2-4-17(15)23/h1-6H,7-12H2,(H,27,29). The van der Waals surface area contributed by atoms with Crippen molar-refractivity contribution in [1.82, 2.24) is 10.2 Å². The minimum absolute atomic E-state index is 0.0154. The lowest BCUT2D eigenvalue weighted by Gasteiger charge is -2.21. The van der Waals surface area contributed by atoms with Gasteiger partial charge in [-0.05, 0) is 36.6 Å². The summed E-state index contributed by atoms with van der Waals surface area (Å²) >= 11 is 6.22. The van der Waals surface area contributed by atoms with Gasteiger partial charge in [0.15, 0.2) is 0 Å². The second kappa shape index (κ2) is 9.55. The maximum atomic E-state index is 13.6. The molecule has 1 heterocycles. The van der Waals surface area contributed by atoms with Gasteiger partial charge in [0.05, 0.1) is 17.1 Å². The fourth-order valence-electron chi connectivity index (χ4n) is 3.36. The van der Waals surface area contributed by atoms with Gasteiger partial charge in [-0.25, -0.2) is 4.39 Å². The molecule has 31 heavy (non-hydrogen) atoms. The summed E-state index contributed by atoms with van der Waals surface area (Å²) in [6.07, 6.45) is -4.55. The van der Waals surface area contributed by atoms with Crippen molar-refractivity contribution < 1.29 is 31.9 Å². The minimum atomic E-state index is -4.93. The van der Waals surface area contributed by atoms with Crippen molar-refractivity contribution in [2.24, 2.45) is 0 Å². The maximum absolute atomic E-state index is 13.6. The molecular formula is C21H19ClF4N2O3. The Morgan fingerprint density at radius 3 is 2.52 bits per heavy atom. The summed E-state index contributed by atoms with van der Waals surface area (Å²) < 4.78 is 57.6. The number of carbonyl (C=O) groups excluding carboxylic acids is 2. The molecule has 3 rings (SSSR count). The highest BCUT2D eigenvalue weighted by Crippen LogP contribution is 2.34. The van der Waals surface area contributed by atoms with Crippen LogP contribution in [0.25, 0.3) is 0 Å². The number of fused-ring (bicyclic) bond motifs is 1. The lowest BCUT2D eigenvalue weighted by molar-refractivity contribution is -0.185. The van der Waals surface area contributed by atoms with Crippen LogP contribution in [0.15, 0.2) is 36.4 Å². The van der Waals surface area contributed by atoms with Crippen LogP contribution in [-0.4, -0.2) is 49.1 Å². The number of halogens is 5. The van der Waals surface area contributed by atoms with Crippen LogP contribution < -0.4 is 10.1 Å². The fraction of sp³-hybridized carbons (Fsp3) is 0.333. The average Bonchev–Trinajstić information content (AvgIpc) is 2.94. The molecule has 1 aliphatic heterocycles. The van der Waals surface area contributed by atoms with Crippen molar-refractivity contribution in [3.63, 3.8) is 0 Å². The smallest absolute Gasteiger partial charge is 0.471 e. The van der Waals surface area contributed by atoms with Gasteiger partial charge >= 0.3 is 12.1 Å². The zero-order valence-electron chi connectivity index (χ0n) is 16.3. The lowest BCUT2D eigenvalue weighted by Crippen LogP contribution is -2.42. The van der Waals surface area contributed by atoms with Crippen molar-refractivity contribution in [3.05, 3.63) is 63.9 Å². The summed E-state index contributed by atoms with van der Waals surface area (Å²) in [5, 5.41) is 2.81. The highest BCUT2D eigenvalue weighted by molar-refractivity contribution is 6.32. The Morgan fingerprint density at radius 1 is 1.10 bits per heavy atom. The van der Waals surface area contributed by atoms with Crippen LogP contribution in [0.1, 0.15) is 21.5 Å². The van der Waals surface area contributed by atoms with Crippen LogP contribution in [0.2, 0.25) is 5.02 Å². The van der Waals surface area contributed by atoms with Gasteiger partial charge < -0.3 is 15.0 Å². The molecule has 0 aromatic heterocycles. The molecule has 2 amide bonds. The van der Waals surface area contributed by atoms with E-state index in [2.05, 4.69) is 5.32 Å². The van der Waals surface area contributed by atoms with Crippen LogP contribution in [0.4, 0.5) is 17.6 Å². The predicted molar refractivity (Wildman–Crippen MR) is 106 cm³/mol. The molecule has 0 unspecified atom stereocenters. The van der Waals surface area contributed by atoms with Crippen molar-refractivity contribution in [2.45, 2.75) is 19.0 Å². The fourth-order valence-corrected chi connectivity index (χ4v) is 3.59. The van der Waals surface area contributed by atoms with Crippen LogP contribution in [-0.2, 0) is 17.6 Å². The van der Waals surface area contributed by atoms with Crippen LogP contribution in [0.3, 0.4) is 0 Å². The second-order valence-electron chi connectivity index (χ2n) is 6.89. The third kappa shape index (κ3) is 5.46. The van der Waals surface area contributed by atoms with E-state index in [0.29, 0.717) is 11.3 Å². The third-order valence-corrected chi connectivity index (χ3v) is 5.17. The molecule has 2 aromatic rings. The van der Waals surface area contributed by atoms with E-state index in [1.54, 1.807) is 18.2 Å². The summed E-state index contributed by atoms with van der Waals surface area (Å²) in [5.74, 6) is -2.80. The topological polar surface area (TPSA) is 58.6 Å². The number of nitrogens with zero attached hydrogens (tertiary/aromatic N) is 1. The molecule has 0 atom stereocenters. The Balaban J connectivity index is 1.63. The van der Waals surface area contributed by atoms with Crippen LogP contribution in [0.5, 0.6) is 5.75 Å². The Kier molecular flexibility index (Phi) is 7.04. The number of nitrogens with one attached hydrogen (secondary N) is 1. The van der Waals surface area contributed by atoms with E-state index in [-0.39, 0.29) is 49.7 Å². The monoisotopic (exact) mass is 458 g/mol. The van der Waals surface area contributed by atoms with Crippen molar-refractivity contribution >= 4 is 23.4 Å². The summed E-state index contributed by atoms with van der Waals surface area (Å²) in [4.78, 5) is 24.4. The first-order valence-corrected chi connectivity index (χ1v) is 9.88. The number of rotatable bonds is 5. The van der Waals surface area contributed by atoms with Gasteiger partial charge in [0.25, 0.3) is 5.91 Å². The molecule has 0 saturated carbocycles. The van der Waals surface area contributed by atoms with Gasteiger partial charge in [-0.15, -0.1) is 0 Å². The van der Waals surface area contributed by atoms with Gasteiger partial charge in [0.1, 0.15) is 18.2 Å². The molecule has 166 valence electrons. The molecule has 10 heteroatoms. The van der Waals surface area contributed by atoms with Gasteiger partial charge in [-0.1, -0.05) is 29.8 Å². The highest BCUT2D eigenvalue weighted by atomic mass is 35.5. The normalized spacial score (nSPS) is 13.9. The molecular weight excluding hydrogens is 440 g/mol. The highest BCUT2D eigenvalue weighted by Gasteiger charge is 2.42. The van der Waals surface area contributed by atoms with E-state index < -0.39 is 23.8 Å². The lowest BCUT2D eigenvalue weighted by atomic mass is 10.0. The molecule has 0 spiro atoms. The zero-order valence-corrected chi connectivity index (χ0v) is 17.0. The first-order chi connectivity index (χ1) is 14.7.